The predicted octanol–water partition coefficient (Wildman–Crippen LogP) is 3.78. The highest BCUT2D eigenvalue weighted by Gasteiger charge is 2.15. The minimum atomic E-state index is -0.0176. The Hall–Kier alpha value is -1.13. The van der Waals surface area contributed by atoms with Gasteiger partial charge in [0.2, 0.25) is 0 Å². The third-order valence-corrected chi connectivity index (χ3v) is 4.71. The summed E-state index contributed by atoms with van der Waals surface area (Å²) in [7, 11) is 0. The topological polar surface area (TPSA) is 43.8 Å². The molecule has 1 heterocycles. The van der Waals surface area contributed by atoms with Gasteiger partial charge in [0.05, 0.1) is 5.69 Å². The van der Waals surface area contributed by atoms with Crippen LogP contribution in [0.1, 0.15) is 42.4 Å². The molecule has 0 bridgehead atoms. The van der Waals surface area contributed by atoms with Crippen LogP contribution in [0.15, 0.2) is 28.7 Å². The van der Waals surface area contributed by atoms with Gasteiger partial charge < -0.3 is 5.73 Å². The molecular formula is C16H22BrN3. The molecule has 1 atom stereocenters. The smallest absolute Gasteiger partial charge is 0.0624 e. The minimum Gasteiger partial charge on any atom is -0.324 e. The van der Waals surface area contributed by atoms with Crippen molar-refractivity contribution in [3.63, 3.8) is 0 Å². The molecule has 4 heteroatoms. The van der Waals surface area contributed by atoms with Gasteiger partial charge in [0.25, 0.3) is 0 Å². The Kier molecular flexibility index (Phi) is 5.00. The second kappa shape index (κ2) is 6.55. The van der Waals surface area contributed by atoms with E-state index in [1.54, 1.807) is 0 Å². The maximum atomic E-state index is 6.40. The number of halogens is 1. The molecule has 0 radical (unpaired) electrons. The summed E-state index contributed by atoms with van der Waals surface area (Å²) in [6, 6.07) is 8.40. The molecule has 20 heavy (non-hydrogen) atoms. The van der Waals surface area contributed by atoms with Gasteiger partial charge in [-0.3, -0.25) is 4.68 Å². The van der Waals surface area contributed by atoms with Crippen molar-refractivity contribution in [2.45, 2.75) is 46.2 Å². The van der Waals surface area contributed by atoms with E-state index in [9.17, 15) is 0 Å². The van der Waals surface area contributed by atoms with E-state index in [0.717, 1.165) is 35.1 Å². The Bertz CT molecular complexity index is 589. The second-order valence-electron chi connectivity index (χ2n) is 5.09. The first-order chi connectivity index (χ1) is 9.56. The summed E-state index contributed by atoms with van der Waals surface area (Å²) in [5.41, 5.74) is 11.1. The summed E-state index contributed by atoms with van der Waals surface area (Å²) in [5, 5.41) is 4.58. The fourth-order valence-electron chi connectivity index (χ4n) is 2.42. The summed E-state index contributed by atoms with van der Waals surface area (Å²) in [6.07, 6.45) is 1.77. The number of aryl methyl sites for hydroxylation is 3. The van der Waals surface area contributed by atoms with Crippen LogP contribution in [0.5, 0.6) is 0 Å². The van der Waals surface area contributed by atoms with Crippen LogP contribution in [-0.4, -0.2) is 9.78 Å². The summed E-state index contributed by atoms with van der Waals surface area (Å²) >= 11 is 3.65. The fraction of sp³-hybridized carbons (Fsp3) is 0.438. The van der Waals surface area contributed by atoms with Crippen LogP contribution in [0.25, 0.3) is 0 Å². The lowest BCUT2D eigenvalue weighted by molar-refractivity contribution is 0.584. The van der Waals surface area contributed by atoms with Gasteiger partial charge in [0.15, 0.2) is 0 Å². The molecule has 1 aromatic carbocycles. The first-order valence-electron chi connectivity index (χ1n) is 7.13. The van der Waals surface area contributed by atoms with Gasteiger partial charge in [-0.25, -0.2) is 0 Å². The summed E-state index contributed by atoms with van der Waals surface area (Å²) < 4.78 is 3.17. The fourth-order valence-corrected chi connectivity index (χ4v) is 2.98. The number of rotatable bonds is 5. The van der Waals surface area contributed by atoms with Crippen molar-refractivity contribution in [1.82, 2.24) is 9.78 Å². The normalized spacial score (nSPS) is 12.7. The number of nitrogens with two attached hydrogens (primary N) is 1. The average molecular weight is 336 g/mol. The van der Waals surface area contributed by atoms with Crippen LogP contribution in [0, 0.1) is 6.92 Å². The second-order valence-corrected chi connectivity index (χ2v) is 5.88. The highest BCUT2D eigenvalue weighted by atomic mass is 79.9. The van der Waals surface area contributed by atoms with Crippen molar-refractivity contribution in [3.05, 3.63) is 51.3 Å². The van der Waals surface area contributed by atoms with E-state index in [-0.39, 0.29) is 6.04 Å². The Morgan fingerprint density at radius 3 is 2.75 bits per heavy atom. The number of aromatic nitrogens is 2. The summed E-state index contributed by atoms with van der Waals surface area (Å²) in [6.45, 7) is 7.22. The third-order valence-electron chi connectivity index (χ3n) is 3.63. The molecule has 0 aliphatic heterocycles. The third kappa shape index (κ3) is 3.13. The molecule has 2 rings (SSSR count). The average Bonchev–Trinajstić information content (AvgIpc) is 2.84. The molecule has 1 aromatic heterocycles. The lowest BCUT2D eigenvalue weighted by Crippen LogP contribution is -2.16. The molecule has 2 N–H and O–H groups in total. The van der Waals surface area contributed by atoms with Crippen molar-refractivity contribution < 1.29 is 0 Å². The van der Waals surface area contributed by atoms with E-state index < -0.39 is 0 Å². The quantitative estimate of drug-likeness (QED) is 0.903. The van der Waals surface area contributed by atoms with E-state index in [0.29, 0.717) is 0 Å². The van der Waals surface area contributed by atoms with E-state index in [2.05, 4.69) is 70.7 Å². The van der Waals surface area contributed by atoms with Gasteiger partial charge in [0.1, 0.15) is 0 Å². The lowest BCUT2D eigenvalue weighted by Gasteiger charge is -2.15. The number of nitrogens with zero attached hydrogens (tertiary/aromatic N) is 2. The Balaban J connectivity index is 2.25. The predicted molar refractivity (Wildman–Crippen MR) is 86.8 cm³/mol. The van der Waals surface area contributed by atoms with Gasteiger partial charge in [-0.15, -0.1) is 0 Å². The maximum Gasteiger partial charge on any atom is 0.0624 e. The molecule has 0 saturated heterocycles. The minimum absolute atomic E-state index is 0.0176. The number of hydrogen-bond donors (Lipinski definition) is 1. The SMILES string of the molecule is CCc1cc(CC(N)c2cccc(C)c2Br)n(CC)n1. The van der Waals surface area contributed by atoms with Gasteiger partial charge in [0, 0.05) is 29.2 Å². The zero-order chi connectivity index (χ0) is 14.7. The molecule has 0 amide bonds. The summed E-state index contributed by atoms with van der Waals surface area (Å²) in [5.74, 6) is 0. The molecule has 3 nitrogen and oxygen atoms in total. The van der Waals surface area contributed by atoms with Crippen LogP contribution in [-0.2, 0) is 19.4 Å². The zero-order valence-electron chi connectivity index (χ0n) is 12.4. The van der Waals surface area contributed by atoms with Crippen molar-refractivity contribution in [2.24, 2.45) is 5.73 Å². The number of hydrogen-bond acceptors (Lipinski definition) is 2. The Morgan fingerprint density at radius 2 is 2.10 bits per heavy atom. The number of benzene rings is 1. The van der Waals surface area contributed by atoms with Gasteiger partial charge in [-0.05, 0) is 37.5 Å². The monoisotopic (exact) mass is 335 g/mol. The molecule has 2 aromatic rings. The molecular weight excluding hydrogens is 314 g/mol. The molecule has 108 valence electrons. The largest absolute Gasteiger partial charge is 0.324 e. The molecule has 0 aliphatic rings. The van der Waals surface area contributed by atoms with Crippen molar-refractivity contribution >= 4 is 15.9 Å². The van der Waals surface area contributed by atoms with Gasteiger partial charge >= 0.3 is 0 Å². The van der Waals surface area contributed by atoms with E-state index in [1.807, 2.05) is 0 Å². The molecule has 1 unspecified atom stereocenters. The highest BCUT2D eigenvalue weighted by molar-refractivity contribution is 9.10. The molecule has 0 aliphatic carbocycles. The maximum absolute atomic E-state index is 6.40. The van der Waals surface area contributed by atoms with E-state index in [1.165, 1.54) is 11.3 Å². The molecule has 0 saturated carbocycles. The van der Waals surface area contributed by atoms with Crippen LogP contribution in [0.4, 0.5) is 0 Å². The van der Waals surface area contributed by atoms with Crippen LogP contribution in [0.3, 0.4) is 0 Å². The standard InChI is InChI=1S/C16H22BrN3/c1-4-12-9-13(20(5-2)19-12)10-15(18)14-8-6-7-11(3)16(14)17/h6-9,15H,4-5,10,18H2,1-3H3. The van der Waals surface area contributed by atoms with Gasteiger partial charge in [-0.1, -0.05) is 41.1 Å². The van der Waals surface area contributed by atoms with Crippen molar-refractivity contribution in [2.75, 3.05) is 0 Å². The van der Waals surface area contributed by atoms with Gasteiger partial charge in [-0.2, -0.15) is 5.10 Å². The molecule has 0 spiro atoms. The van der Waals surface area contributed by atoms with Crippen LogP contribution in [0.2, 0.25) is 0 Å². The van der Waals surface area contributed by atoms with E-state index in [4.69, 9.17) is 5.73 Å². The Morgan fingerprint density at radius 1 is 1.35 bits per heavy atom. The first-order valence-corrected chi connectivity index (χ1v) is 7.92. The van der Waals surface area contributed by atoms with Crippen molar-refractivity contribution in [3.8, 4) is 0 Å². The Labute approximate surface area is 129 Å². The van der Waals surface area contributed by atoms with Crippen molar-refractivity contribution in [1.29, 1.82) is 0 Å². The first kappa shape index (κ1) is 15.3. The summed E-state index contributed by atoms with van der Waals surface area (Å²) in [4.78, 5) is 0. The van der Waals surface area contributed by atoms with Crippen LogP contribution < -0.4 is 5.73 Å². The van der Waals surface area contributed by atoms with Crippen LogP contribution >= 0.6 is 15.9 Å². The van der Waals surface area contributed by atoms with E-state index >= 15 is 0 Å². The molecule has 0 fully saturated rings. The zero-order valence-corrected chi connectivity index (χ0v) is 13.9. The highest BCUT2D eigenvalue weighted by Crippen LogP contribution is 2.27. The lowest BCUT2D eigenvalue weighted by atomic mass is 10.0.